The van der Waals surface area contributed by atoms with Crippen LogP contribution in [0.4, 0.5) is 0 Å². The molecule has 1 aromatic heterocycles. The molecule has 27 heavy (non-hydrogen) atoms. The van der Waals surface area contributed by atoms with Gasteiger partial charge in [0.1, 0.15) is 11.5 Å². The number of ether oxygens (including phenoxy) is 3. The van der Waals surface area contributed by atoms with Crippen LogP contribution in [0.25, 0.3) is 10.2 Å². The Morgan fingerprint density at radius 1 is 1.04 bits per heavy atom. The van der Waals surface area contributed by atoms with Crippen molar-refractivity contribution >= 4 is 33.4 Å². The summed E-state index contributed by atoms with van der Waals surface area (Å²) in [5, 5.41) is 0. The number of rotatable bonds is 4. The molecule has 0 fully saturated rings. The molecule has 7 nitrogen and oxygen atoms in total. The molecule has 0 aliphatic heterocycles. The van der Waals surface area contributed by atoms with E-state index in [1.807, 2.05) is 7.05 Å². The molecule has 0 unspecified atom stereocenters. The van der Waals surface area contributed by atoms with Crippen molar-refractivity contribution in [3.63, 3.8) is 0 Å². The summed E-state index contributed by atoms with van der Waals surface area (Å²) in [6.45, 7) is 0. The summed E-state index contributed by atoms with van der Waals surface area (Å²) in [5.74, 6) is 0.140. The van der Waals surface area contributed by atoms with Crippen LogP contribution in [0.5, 0.6) is 11.5 Å². The smallest absolute Gasteiger partial charge is 0.337 e. The summed E-state index contributed by atoms with van der Waals surface area (Å²) in [7, 11) is 6.18. The maximum absolute atomic E-state index is 12.7. The maximum Gasteiger partial charge on any atom is 0.337 e. The summed E-state index contributed by atoms with van der Waals surface area (Å²) in [6.07, 6.45) is 0. The Morgan fingerprint density at radius 3 is 2.48 bits per heavy atom. The van der Waals surface area contributed by atoms with E-state index in [0.29, 0.717) is 27.4 Å². The minimum atomic E-state index is -0.426. The van der Waals surface area contributed by atoms with E-state index >= 15 is 0 Å². The predicted octanol–water partition coefficient (Wildman–Crippen LogP) is 2.78. The Kier molecular flexibility index (Phi) is 5.27. The van der Waals surface area contributed by atoms with Gasteiger partial charge in [0, 0.05) is 13.1 Å². The second-order valence-electron chi connectivity index (χ2n) is 5.60. The summed E-state index contributed by atoms with van der Waals surface area (Å²) in [5.41, 5.74) is 1.65. The Hall–Kier alpha value is -3.13. The van der Waals surface area contributed by atoms with Crippen molar-refractivity contribution in [2.45, 2.75) is 0 Å². The molecule has 0 saturated heterocycles. The lowest BCUT2D eigenvalue weighted by Crippen LogP contribution is -2.13. The third-order valence-electron chi connectivity index (χ3n) is 4.07. The Labute approximate surface area is 159 Å². The average Bonchev–Trinajstić information content (AvgIpc) is 3.01. The lowest BCUT2D eigenvalue weighted by Gasteiger charge is -2.07. The number of amides is 1. The van der Waals surface area contributed by atoms with Crippen molar-refractivity contribution < 1.29 is 23.8 Å². The molecule has 8 heteroatoms. The largest absolute Gasteiger partial charge is 0.497 e. The van der Waals surface area contributed by atoms with Crippen molar-refractivity contribution in [1.29, 1.82) is 0 Å². The van der Waals surface area contributed by atoms with Gasteiger partial charge in [-0.3, -0.25) is 4.79 Å². The fourth-order valence-electron chi connectivity index (χ4n) is 2.61. The molecule has 1 heterocycles. The van der Waals surface area contributed by atoms with Crippen LogP contribution in [0.3, 0.4) is 0 Å². The highest BCUT2D eigenvalue weighted by Crippen LogP contribution is 2.25. The highest BCUT2D eigenvalue weighted by Gasteiger charge is 2.14. The van der Waals surface area contributed by atoms with E-state index in [2.05, 4.69) is 4.99 Å². The molecule has 2 aromatic carbocycles. The van der Waals surface area contributed by atoms with Crippen LogP contribution >= 0.6 is 11.3 Å². The van der Waals surface area contributed by atoms with Crippen molar-refractivity contribution in [3.8, 4) is 11.5 Å². The van der Waals surface area contributed by atoms with E-state index in [4.69, 9.17) is 14.2 Å². The van der Waals surface area contributed by atoms with Gasteiger partial charge in [0.25, 0.3) is 5.91 Å². The minimum absolute atomic E-state index is 0.339. The van der Waals surface area contributed by atoms with Gasteiger partial charge < -0.3 is 18.8 Å². The molecule has 1 amide bonds. The molecule has 0 radical (unpaired) electrons. The number of hydrogen-bond acceptors (Lipinski definition) is 6. The Bertz CT molecular complexity index is 1100. The standard InChI is InChI=1S/C19H18N2O5S/c1-21-14-8-5-11(18(23)26-4)9-16(14)27-19(21)20-17(22)13-7-6-12(24-2)10-15(13)25-3/h5-10H,1-4H3. The van der Waals surface area contributed by atoms with Gasteiger partial charge in [-0.15, -0.1) is 0 Å². The molecular weight excluding hydrogens is 368 g/mol. The summed E-state index contributed by atoms with van der Waals surface area (Å²) in [4.78, 5) is 29.1. The van der Waals surface area contributed by atoms with Crippen LogP contribution in [0.2, 0.25) is 0 Å². The molecule has 0 aliphatic carbocycles. The van der Waals surface area contributed by atoms with Gasteiger partial charge in [0.15, 0.2) is 4.80 Å². The number of methoxy groups -OCH3 is 3. The molecule has 140 valence electrons. The highest BCUT2D eigenvalue weighted by molar-refractivity contribution is 7.16. The zero-order valence-corrected chi connectivity index (χ0v) is 16.1. The topological polar surface area (TPSA) is 79.1 Å². The second kappa shape index (κ2) is 7.63. The third kappa shape index (κ3) is 3.56. The molecule has 0 N–H and O–H groups in total. The number of thiazole rings is 1. The van der Waals surface area contributed by atoms with Crippen molar-refractivity contribution in [2.24, 2.45) is 12.0 Å². The van der Waals surface area contributed by atoms with Crippen LogP contribution in [-0.2, 0) is 11.8 Å². The number of carbonyl (C=O) groups excluding carboxylic acids is 2. The van der Waals surface area contributed by atoms with Crippen molar-refractivity contribution in [2.75, 3.05) is 21.3 Å². The fraction of sp³-hybridized carbons (Fsp3) is 0.211. The Morgan fingerprint density at radius 2 is 1.81 bits per heavy atom. The lowest BCUT2D eigenvalue weighted by atomic mass is 10.2. The van der Waals surface area contributed by atoms with Crippen molar-refractivity contribution in [1.82, 2.24) is 4.57 Å². The molecule has 0 saturated carbocycles. The number of esters is 1. The van der Waals surface area contributed by atoms with Gasteiger partial charge in [0.05, 0.1) is 42.7 Å². The van der Waals surface area contributed by atoms with E-state index < -0.39 is 11.9 Å². The van der Waals surface area contributed by atoms with E-state index in [0.717, 1.165) is 10.2 Å². The third-order valence-corrected chi connectivity index (χ3v) is 5.16. The zero-order valence-electron chi connectivity index (χ0n) is 15.3. The van der Waals surface area contributed by atoms with E-state index in [9.17, 15) is 9.59 Å². The summed E-state index contributed by atoms with van der Waals surface area (Å²) in [6, 6.07) is 10.1. The van der Waals surface area contributed by atoms with Crippen LogP contribution in [0.15, 0.2) is 41.4 Å². The second-order valence-corrected chi connectivity index (χ2v) is 6.61. The first kappa shape index (κ1) is 18.7. The highest BCUT2D eigenvalue weighted by atomic mass is 32.1. The van der Waals surface area contributed by atoms with E-state index in [1.54, 1.807) is 48.1 Å². The van der Waals surface area contributed by atoms with Crippen LogP contribution < -0.4 is 14.3 Å². The molecule has 0 atom stereocenters. The number of aryl methyl sites for hydroxylation is 1. The van der Waals surface area contributed by atoms with Crippen LogP contribution in [0.1, 0.15) is 20.7 Å². The number of nitrogens with zero attached hydrogens (tertiary/aromatic N) is 2. The quantitative estimate of drug-likeness (QED) is 0.644. The molecular formula is C19H18N2O5S. The van der Waals surface area contributed by atoms with Gasteiger partial charge in [-0.25, -0.2) is 4.79 Å². The SMILES string of the molecule is COC(=O)c1ccc2c(c1)sc(=NC(=O)c1ccc(OC)cc1OC)n2C. The molecule has 3 aromatic rings. The molecule has 0 spiro atoms. The fourth-order valence-corrected chi connectivity index (χ4v) is 3.66. The first-order valence-electron chi connectivity index (χ1n) is 7.97. The number of carbonyl (C=O) groups is 2. The number of benzene rings is 2. The van der Waals surface area contributed by atoms with Gasteiger partial charge >= 0.3 is 5.97 Å². The average molecular weight is 386 g/mol. The first-order chi connectivity index (χ1) is 13.0. The van der Waals surface area contributed by atoms with Gasteiger partial charge in [0.2, 0.25) is 0 Å². The van der Waals surface area contributed by atoms with E-state index in [1.165, 1.54) is 25.6 Å². The van der Waals surface area contributed by atoms with Gasteiger partial charge in [-0.2, -0.15) is 4.99 Å². The van der Waals surface area contributed by atoms with Gasteiger partial charge in [-0.05, 0) is 30.3 Å². The normalized spacial score (nSPS) is 11.5. The molecule has 3 rings (SSSR count). The van der Waals surface area contributed by atoms with Gasteiger partial charge in [-0.1, -0.05) is 11.3 Å². The minimum Gasteiger partial charge on any atom is -0.497 e. The van der Waals surface area contributed by atoms with Crippen LogP contribution in [-0.4, -0.2) is 37.8 Å². The maximum atomic E-state index is 12.7. The summed E-state index contributed by atoms with van der Waals surface area (Å²) >= 11 is 1.31. The number of hydrogen-bond donors (Lipinski definition) is 0. The van der Waals surface area contributed by atoms with Crippen molar-refractivity contribution in [3.05, 3.63) is 52.3 Å². The number of fused-ring (bicyclic) bond motifs is 1. The Balaban J connectivity index is 2.06. The molecule has 0 bridgehead atoms. The predicted molar refractivity (Wildman–Crippen MR) is 102 cm³/mol. The molecule has 0 aliphatic rings. The monoisotopic (exact) mass is 386 g/mol. The lowest BCUT2D eigenvalue weighted by molar-refractivity contribution is 0.0600. The zero-order chi connectivity index (χ0) is 19.6. The first-order valence-corrected chi connectivity index (χ1v) is 8.79. The summed E-state index contributed by atoms with van der Waals surface area (Å²) < 4.78 is 17.8. The van der Waals surface area contributed by atoms with E-state index in [-0.39, 0.29) is 0 Å². The number of aromatic nitrogens is 1. The van der Waals surface area contributed by atoms with Crippen LogP contribution in [0, 0.1) is 0 Å².